The van der Waals surface area contributed by atoms with Gasteiger partial charge in [0.2, 0.25) is 0 Å². The zero-order valence-electron chi connectivity index (χ0n) is 13.7. The molecule has 0 radical (unpaired) electrons. The van der Waals surface area contributed by atoms with Gasteiger partial charge in [0, 0.05) is 4.47 Å². The second-order valence-corrected chi connectivity index (χ2v) is 6.86. The zero-order valence-corrected chi connectivity index (χ0v) is 15.3. The monoisotopic (exact) mass is 419 g/mol. The molecule has 3 rings (SSSR count). The van der Waals surface area contributed by atoms with Gasteiger partial charge >= 0.3 is 6.18 Å². The molecule has 0 aliphatic heterocycles. The maximum atomic E-state index is 13.8. The highest BCUT2D eigenvalue weighted by atomic mass is 79.9. The number of hydrogen-bond acceptors (Lipinski definition) is 1. The standard InChI is InChI=1S/C21H17BrF3N/c22-18-13-11-17(12-14-18)20(21(23,24)25)26-19(15-7-3-1-4-8-15)16-9-5-2-6-10-16/h1-14,19-20,26H/t20-/m0/s1. The van der Waals surface area contributed by atoms with E-state index < -0.39 is 18.3 Å². The summed E-state index contributed by atoms with van der Waals surface area (Å²) in [5.74, 6) is 0. The molecule has 0 unspecified atom stereocenters. The molecule has 0 saturated carbocycles. The molecule has 1 nitrogen and oxygen atoms in total. The number of nitrogens with one attached hydrogen (secondary N) is 1. The van der Waals surface area contributed by atoms with Crippen molar-refractivity contribution in [1.82, 2.24) is 5.32 Å². The van der Waals surface area contributed by atoms with Crippen molar-refractivity contribution in [1.29, 1.82) is 0 Å². The van der Waals surface area contributed by atoms with Crippen LogP contribution in [0, 0.1) is 0 Å². The molecular formula is C21H17BrF3N. The fraction of sp³-hybridized carbons (Fsp3) is 0.143. The molecule has 0 amide bonds. The topological polar surface area (TPSA) is 12.0 Å². The lowest BCUT2D eigenvalue weighted by molar-refractivity contribution is -0.159. The molecule has 1 N–H and O–H groups in total. The largest absolute Gasteiger partial charge is 0.407 e. The summed E-state index contributed by atoms with van der Waals surface area (Å²) in [5, 5.41) is 2.82. The maximum Gasteiger partial charge on any atom is 0.407 e. The molecule has 0 fully saturated rings. The van der Waals surface area contributed by atoms with Crippen LogP contribution in [0.15, 0.2) is 89.4 Å². The number of benzene rings is 3. The van der Waals surface area contributed by atoms with E-state index in [1.165, 1.54) is 12.1 Å². The van der Waals surface area contributed by atoms with Gasteiger partial charge in [0.05, 0.1) is 6.04 Å². The van der Waals surface area contributed by atoms with E-state index in [9.17, 15) is 13.2 Å². The molecule has 0 heterocycles. The van der Waals surface area contributed by atoms with Gasteiger partial charge in [-0.1, -0.05) is 88.7 Å². The Bertz CT molecular complexity index is 778. The van der Waals surface area contributed by atoms with Crippen LogP contribution < -0.4 is 5.32 Å². The van der Waals surface area contributed by atoms with Crippen LogP contribution in [0.4, 0.5) is 13.2 Å². The summed E-state index contributed by atoms with van der Waals surface area (Å²) in [6, 6.07) is 22.2. The van der Waals surface area contributed by atoms with Gasteiger partial charge in [0.1, 0.15) is 6.04 Å². The van der Waals surface area contributed by atoms with E-state index in [0.717, 1.165) is 15.6 Å². The quantitative estimate of drug-likeness (QED) is 0.502. The Morgan fingerprint density at radius 3 is 1.54 bits per heavy atom. The molecule has 0 aromatic heterocycles. The van der Waals surface area contributed by atoms with Crippen molar-refractivity contribution in [3.8, 4) is 0 Å². The normalized spacial score (nSPS) is 13.0. The van der Waals surface area contributed by atoms with Crippen molar-refractivity contribution in [2.24, 2.45) is 0 Å². The second kappa shape index (κ2) is 8.06. The number of hydrogen-bond donors (Lipinski definition) is 1. The highest BCUT2D eigenvalue weighted by molar-refractivity contribution is 9.10. The van der Waals surface area contributed by atoms with Crippen molar-refractivity contribution >= 4 is 15.9 Å². The van der Waals surface area contributed by atoms with Crippen LogP contribution in [0.1, 0.15) is 28.8 Å². The summed E-state index contributed by atoms with van der Waals surface area (Å²) >= 11 is 3.27. The van der Waals surface area contributed by atoms with E-state index in [0.29, 0.717) is 0 Å². The Labute approximate surface area is 159 Å². The van der Waals surface area contributed by atoms with E-state index in [2.05, 4.69) is 21.2 Å². The molecule has 0 saturated heterocycles. The summed E-state index contributed by atoms with van der Waals surface area (Å²) in [6.45, 7) is 0. The predicted molar refractivity (Wildman–Crippen MR) is 101 cm³/mol. The fourth-order valence-electron chi connectivity index (χ4n) is 2.88. The first kappa shape index (κ1) is 18.7. The van der Waals surface area contributed by atoms with Gasteiger partial charge in [-0.2, -0.15) is 13.2 Å². The first-order chi connectivity index (χ1) is 12.4. The van der Waals surface area contributed by atoms with Crippen molar-refractivity contribution in [2.45, 2.75) is 18.3 Å². The molecular weight excluding hydrogens is 403 g/mol. The summed E-state index contributed by atoms with van der Waals surface area (Å²) < 4.78 is 42.2. The third-order valence-corrected chi connectivity index (χ3v) is 4.66. The van der Waals surface area contributed by atoms with Crippen LogP contribution >= 0.6 is 15.9 Å². The van der Waals surface area contributed by atoms with Gasteiger partial charge in [0.15, 0.2) is 0 Å². The minimum atomic E-state index is -4.42. The van der Waals surface area contributed by atoms with E-state index in [1.807, 2.05) is 60.7 Å². The lowest BCUT2D eigenvalue weighted by Gasteiger charge is -2.28. The molecule has 3 aromatic rings. The van der Waals surface area contributed by atoms with Gasteiger partial charge in [-0.05, 0) is 28.8 Å². The molecule has 26 heavy (non-hydrogen) atoms. The van der Waals surface area contributed by atoms with Crippen LogP contribution in [0.2, 0.25) is 0 Å². The highest BCUT2D eigenvalue weighted by Gasteiger charge is 2.42. The maximum absolute atomic E-state index is 13.8. The first-order valence-electron chi connectivity index (χ1n) is 8.13. The molecule has 5 heteroatoms. The van der Waals surface area contributed by atoms with E-state index in [1.54, 1.807) is 12.1 Å². The third-order valence-electron chi connectivity index (χ3n) is 4.13. The second-order valence-electron chi connectivity index (χ2n) is 5.95. The Balaban J connectivity index is 2.01. The predicted octanol–water partition coefficient (Wildman–Crippen LogP) is 6.43. The zero-order chi connectivity index (χ0) is 18.6. The average Bonchev–Trinajstić information content (AvgIpc) is 2.64. The molecule has 0 bridgehead atoms. The van der Waals surface area contributed by atoms with Crippen LogP contribution in [0.5, 0.6) is 0 Å². The van der Waals surface area contributed by atoms with Crippen LogP contribution in [-0.4, -0.2) is 6.18 Å². The van der Waals surface area contributed by atoms with Gasteiger partial charge in [-0.25, -0.2) is 0 Å². The fourth-order valence-corrected chi connectivity index (χ4v) is 3.14. The minimum Gasteiger partial charge on any atom is -0.292 e. The van der Waals surface area contributed by atoms with Crippen LogP contribution in [0.3, 0.4) is 0 Å². The summed E-state index contributed by atoms with van der Waals surface area (Å²) in [6.07, 6.45) is -4.42. The number of halogens is 4. The molecule has 1 atom stereocenters. The van der Waals surface area contributed by atoms with Gasteiger partial charge < -0.3 is 0 Å². The van der Waals surface area contributed by atoms with Crippen molar-refractivity contribution in [2.75, 3.05) is 0 Å². The Hall–Kier alpha value is -2.11. The van der Waals surface area contributed by atoms with Crippen LogP contribution in [0.25, 0.3) is 0 Å². The van der Waals surface area contributed by atoms with E-state index in [4.69, 9.17) is 0 Å². The summed E-state index contributed by atoms with van der Waals surface area (Å²) in [4.78, 5) is 0. The molecule has 0 aliphatic carbocycles. The first-order valence-corrected chi connectivity index (χ1v) is 8.92. The lowest BCUT2D eigenvalue weighted by Crippen LogP contribution is -2.37. The molecule has 0 aliphatic rings. The Morgan fingerprint density at radius 2 is 1.12 bits per heavy atom. The smallest absolute Gasteiger partial charge is 0.292 e. The van der Waals surface area contributed by atoms with Crippen molar-refractivity contribution < 1.29 is 13.2 Å². The van der Waals surface area contributed by atoms with Gasteiger partial charge in [0.25, 0.3) is 0 Å². The SMILES string of the molecule is FC(F)(F)[C@@H](NC(c1ccccc1)c1ccccc1)c1ccc(Br)cc1. The molecule has 134 valence electrons. The van der Waals surface area contributed by atoms with E-state index >= 15 is 0 Å². The average molecular weight is 420 g/mol. The van der Waals surface area contributed by atoms with Crippen molar-refractivity contribution in [3.05, 3.63) is 106 Å². The minimum absolute atomic E-state index is 0.178. The van der Waals surface area contributed by atoms with Gasteiger partial charge in [-0.3, -0.25) is 5.32 Å². The van der Waals surface area contributed by atoms with E-state index in [-0.39, 0.29) is 5.56 Å². The van der Waals surface area contributed by atoms with Gasteiger partial charge in [-0.15, -0.1) is 0 Å². The molecule has 3 aromatic carbocycles. The number of rotatable bonds is 5. The number of alkyl halides is 3. The molecule has 0 spiro atoms. The highest BCUT2D eigenvalue weighted by Crippen LogP contribution is 2.36. The van der Waals surface area contributed by atoms with Crippen LogP contribution in [-0.2, 0) is 0 Å². The summed E-state index contributed by atoms with van der Waals surface area (Å²) in [5.41, 5.74) is 1.74. The Kier molecular flexibility index (Phi) is 5.79. The van der Waals surface area contributed by atoms with Crippen molar-refractivity contribution in [3.63, 3.8) is 0 Å². The third kappa shape index (κ3) is 4.54. The summed E-state index contributed by atoms with van der Waals surface area (Å²) in [7, 11) is 0. The Morgan fingerprint density at radius 1 is 0.654 bits per heavy atom. The lowest BCUT2D eigenvalue weighted by atomic mass is 9.96.